The van der Waals surface area contributed by atoms with Crippen molar-refractivity contribution in [2.24, 2.45) is 5.73 Å². The van der Waals surface area contributed by atoms with Gasteiger partial charge in [0.25, 0.3) is 0 Å². The zero-order chi connectivity index (χ0) is 11.7. The Morgan fingerprint density at radius 2 is 2.38 bits per heavy atom. The van der Waals surface area contributed by atoms with E-state index in [0.717, 1.165) is 11.3 Å². The summed E-state index contributed by atoms with van der Waals surface area (Å²) in [5, 5.41) is 9.02. The summed E-state index contributed by atoms with van der Waals surface area (Å²) < 4.78 is 10.8. The number of hydrogen-bond donors (Lipinski definition) is 2. The fourth-order valence-electron chi connectivity index (χ4n) is 1.48. The van der Waals surface area contributed by atoms with Crippen LogP contribution in [0.25, 0.3) is 10.3 Å². The van der Waals surface area contributed by atoms with Gasteiger partial charge in [0, 0.05) is 11.6 Å². The Morgan fingerprint density at radius 1 is 1.62 bits per heavy atom. The van der Waals surface area contributed by atoms with Crippen molar-refractivity contribution in [3.63, 3.8) is 0 Å². The Kier molecular flexibility index (Phi) is 2.95. The SMILES string of the molecule is COc1cc2sc(=O)oc2cc1C(N)CO. The minimum atomic E-state index is -0.551. The fourth-order valence-corrected chi connectivity index (χ4v) is 2.16. The smallest absolute Gasteiger partial charge is 0.396 e. The summed E-state index contributed by atoms with van der Waals surface area (Å²) in [6.45, 7) is -0.198. The van der Waals surface area contributed by atoms with Crippen molar-refractivity contribution in [3.05, 3.63) is 27.4 Å². The highest BCUT2D eigenvalue weighted by Gasteiger charge is 2.14. The van der Waals surface area contributed by atoms with Crippen LogP contribution in [0.3, 0.4) is 0 Å². The van der Waals surface area contributed by atoms with Crippen LogP contribution in [-0.2, 0) is 0 Å². The number of ether oxygens (including phenoxy) is 1. The average Bonchev–Trinajstić information content (AvgIpc) is 2.65. The molecule has 0 aliphatic rings. The van der Waals surface area contributed by atoms with Gasteiger partial charge in [-0.25, -0.2) is 4.79 Å². The molecular weight excluding hydrogens is 230 g/mol. The maximum absolute atomic E-state index is 11.1. The molecule has 0 bridgehead atoms. The number of methoxy groups -OCH3 is 1. The normalized spacial score (nSPS) is 12.9. The number of aliphatic hydroxyl groups excluding tert-OH is 1. The standard InChI is InChI=1S/C10H11NO4S/c1-14-7-3-9-8(15-10(13)16-9)2-5(7)6(11)4-12/h2-3,6,12H,4,11H2,1H3. The molecule has 0 saturated heterocycles. The average molecular weight is 241 g/mol. The molecule has 86 valence electrons. The third-order valence-electron chi connectivity index (χ3n) is 2.28. The first-order chi connectivity index (χ1) is 7.65. The van der Waals surface area contributed by atoms with Crippen LogP contribution in [0.5, 0.6) is 5.75 Å². The summed E-state index contributed by atoms with van der Waals surface area (Å²) in [5.41, 5.74) is 6.81. The van der Waals surface area contributed by atoms with Crippen LogP contribution < -0.4 is 15.4 Å². The second kappa shape index (κ2) is 4.25. The van der Waals surface area contributed by atoms with Crippen LogP contribution in [0.4, 0.5) is 0 Å². The molecule has 0 saturated carbocycles. The lowest BCUT2D eigenvalue weighted by molar-refractivity contribution is 0.264. The predicted molar refractivity (Wildman–Crippen MR) is 60.9 cm³/mol. The van der Waals surface area contributed by atoms with Crippen LogP contribution in [0.2, 0.25) is 0 Å². The molecule has 0 aliphatic carbocycles. The number of rotatable bonds is 3. The van der Waals surface area contributed by atoms with Crippen LogP contribution in [0.15, 0.2) is 21.3 Å². The highest BCUT2D eigenvalue weighted by atomic mass is 32.1. The maximum Gasteiger partial charge on any atom is 0.396 e. The number of aliphatic hydroxyl groups is 1. The lowest BCUT2D eigenvalue weighted by Crippen LogP contribution is -2.15. The molecule has 1 aromatic carbocycles. The van der Waals surface area contributed by atoms with E-state index in [0.29, 0.717) is 21.6 Å². The summed E-state index contributed by atoms with van der Waals surface area (Å²) in [7, 11) is 1.51. The van der Waals surface area contributed by atoms with Crippen LogP contribution in [-0.4, -0.2) is 18.8 Å². The van der Waals surface area contributed by atoms with E-state index in [9.17, 15) is 4.79 Å². The number of hydrogen-bond acceptors (Lipinski definition) is 6. The van der Waals surface area contributed by atoms with Gasteiger partial charge < -0.3 is 20.0 Å². The molecular formula is C10H11NO4S. The van der Waals surface area contributed by atoms with Crippen LogP contribution in [0, 0.1) is 0 Å². The van der Waals surface area contributed by atoms with Gasteiger partial charge in [0.05, 0.1) is 24.5 Å². The minimum Gasteiger partial charge on any atom is -0.496 e. The number of nitrogens with two attached hydrogens (primary N) is 1. The van der Waals surface area contributed by atoms with Gasteiger partial charge in [0.15, 0.2) is 0 Å². The molecule has 0 radical (unpaired) electrons. The third kappa shape index (κ3) is 1.82. The van der Waals surface area contributed by atoms with E-state index in [4.69, 9.17) is 20.0 Å². The number of fused-ring (bicyclic) bond motifs is 1. The van der Waals surface area contributed by atoms with E-state index in [-0.39, 0.29) is 11.5 Å². The molecule has 2 aromatic rings. The molecule has 16 heavy (non-hydrogen) atoms. The van der Waals surface area contributed by atoms with Gasteiger partial charge in [-0.15, -0.1) is 0 Å². The largest absolute Gasteiger partial charge is 0.496 e. The third-order valence-corrected chi connectivity index (χ3v) is 3.07. The molecule has 0 aliphatic heterocycles. The van der Waals surface area contributed by atoms with E-state index in [1.54, 1.807) is 12.1 Å². The lowest BCUT2D eigenvalue weighted by Gasteiger charge is -2.12. The van der Waals surface area contributed by atoms with Crippen molar-refractivity contribution < 1.29 is 14.3 Å². The molecule has 5 nitrogen and oxygen atoms in total. The monoisotopic (exact) mass is 241 g/mol. The van der Waals surface area contributed by atoms with Crippen molar-refractivity contribution in [1.82, 2.24) is 0 Å². The lowest BCUT2D eigenvalue weighted by atomic mass is 10.1. The second-order valence-corrected chi connectivity index (χ2v) is 4.26. The van der Waals surface area contributed by atoms with Gasteiger partial charge in [0.1, 0.15) is 11.3 Å². The maximum atomic E-state index is 11.1. The van der Waals surface area contributed by atoms with E-state index in [2.05, 4.69) is 0 Å². The molecule has 6 heteroatoms. The summed E-state index contributed by atoms with van der Waals surface area (Å²) in [6.07, 6.45) is 0. The topological polar surface area (TPSA) is 85.7 Å². The Hall–Kier alpha value is -1.37. The van der Waals surface area contributed by atoms with Crippen molar-refractivity contribution in [2.45, 2.75) is 6.04 Å². The van der Waals surface area contributed by atoms with Crippen molar-refractivity contribution in [1.29, 1.82) is 0 Å². The highest BCUT2D eigenvalue weighted by molar-refractivity contribution is 7.16. The summed E-state index contributed by atoms with van der Waals surface area (Å²) in [4.78, 5) is 10.7. The van der Waals surface area contributed by atoms with Gasteiger partial charge >= 0.3 is 4.94 Å². The molecule has 1 unspecified atom stereocenters. The van der Waals surface area contributed by atoms with E-state index >= 15 is 0 Å². The van der Waals surface area contributed by atoms with Gasteiger partial charge in [-0.2, -0.15) is 0 Å². The van der Waals surface area contributed by atoms with Crippen molar-refractivity contribution >= 4 is 21.6 Å². The van der Waals surface area contributed by atoms with Gasteiger partial charge in [0.2, 0.25) is 0 Å². The first-order valence-corrected chi connectivity index (χ1v) is 5.45. The molecule has 1 atom stereocenters. The molecule has 0 fully saturated rings. The van der Waals surface area contributed by atoms with E-state index in [1.807, 2.05) is 0 Å². The first kappa shape index (κ1) is 11.1. The summed E-state index contributed by atoms with van der Waals surface area (Å²) >= 11 is 1.00. The minimum absolute atomic E-state index is 0.198. The second-order valence-electron chi connectivity index (χ2n) is 3.28. The Morgan fingerprint density at radius 3 is 3.00 bits per heavy atom. The van der Waals surface area contributed by atoms with E-state index in [1.165, 1.54) is 7.11 Å². The van der Waals surface area contributed by atoms with Gasteiger partial charge in [-0.3, -0.25) is 0 Å². The summed E-state index contributed by atoms with van der Waals surface area (Å²) in [6, 6.07) is 2.77. The molecule has 1 heterocycles. The molecule has 3 N–H and O–H groups in total. The predicted octanol–water partition coefficient (Wildman–Crippen LogP) is 0.855. The Bertz CT molecular complexity index is 559. The highest BCUT2D eigenvalue weighted by Crippen LogP contribution is 2.30. The zero-order valence-electron chi connectivity index (χ0n) is 8.60. The van der Waals surface area contributed by atoms with Crippen LogP contribution >= 0.6 is 11.3 Å². The van der Waals surface area contributed by atoms with Gasteiger partial charge in [-0.05, 0) is 6.07 Å². The van der Waals surface area contributed by atoms with Gasteiger partial charge in [-0.1, -0.05) is 11.3 Å². The zero-order valence-corrected chi connectivity index (χ0v) is 9.41. The summed E-state index contributed by atoms with van der Waals surface area (Å²) in [5.74, 6) is 0.547. The van der Waals surface area contributed by atoms with Crippen molar-refractivity contribution in [3.8, 4) is 5.75 Å². The Labute approximate surface area is 95.1 Å². The van der Waals surface area contributed by atoms with Crippen molar-refractivity contribution in [2.75, 3.05) is 13.7 Å². The fraction of sp³-hybridized carbons (Fsp3) is 0.300. The molecule has 0 spiro atoms. The van der Waals surface area contributed by atoms with Crippen LogP contribution in [0.1, 0.15) is 11.6 Å². The molecule has 2 rings (SSSR count). The quantitative estimate of drug-likeness (QED) is 0.832. The van der Waals surface area contributed by atoms with E-state index < -0.39 is 6.04 Å². The molecule has 1 aromatic heterocycles. The first-order valence-electron chi connectivity index (χ1n) is 4.63. The molecule has 0 amide bonds. The number of benzene rings is 1. The Balaban J connectivity index is 2.66.